The first-order valence-electron chi connectivity index (χ1n) is 12.6. The largest absolute Gasteiger partial charge is 0.459 e. The number of likely N-dealkylation sites (tertiary alicyclic amines) is 1. The third kappa shape index (κ3) is 6.07. The molecule has 2 amide bonds. The Morgan fingerprint density at radius 1 is 1.12 bits per heavy atom. The second kappa shape index (κ2) is 11.2. The van der Waals surface area contributed by atoms with Crippen molar-refractivity contribution in [1.82, 2.24) is 10.4 Å². The van der Waals surface area contributed by atoms with Crippen LogP contribution in [0.25, 0.3) is 0 Å². The highest BCUT2D eigenvalue weighted by Gasteiger charge is 2.36. The van der Waals surface area contributed by atoms with E-state index in [2.05, 4.69) is 17.3 Å². The highest BCUT2D eigenvalue weighted by Crippen LogP contribution is 2.35. The van der Waals surface area contributed by atoms with Crippen molar-refractivity contribution in [3.05, 3.63) is 54.0 Å². The quantitative estimate of drug-likeness (QED) is 0.561. The number of furan rings is 1. The van der Waals surface area contributed by atoms with Crippen molar-refractivity contribution in [3.63, 3.8) is 0 Å². The molecule has 0 unspecified atom stereocenters. The summed E-state index contributed by atoms with van der Waals surface area (Å²) in [5, 5.41) is 0. The highest BCUT2D eigenvalue weighted by atomic mass is 16.7. The van der Waals surface area contributed by atoms with E-state index in [1.54, 1.807) is 18.4 Å². The number of hydroxylamine groups is 1. The van der Waals surface area contributed by atoms with Crippen LogP contribution >= 0.6 is 0 Å². The summed E-state index contributed by atoms with van der Waals surface area (Å²) in [4.78, 5) is 35.1. The van der Waals surface area contributed by atoms with Gasteiger partial charge in [-0.2, -0.15) is 0 Å². The van der Waals surface area contributed by atoms with Crippen LogP contribution < -0.4 is 10.4 Å². The van der Waals surface area contributed by atoms with Crippen LogP contribution in [0.3, 0.4) is 0 Å². The Morgan fingerprint density at radius 2 is 1.82 bits per heavy atom. The van der Waals surface area contributed by atoms with E-state index in [0.29, 0.717) is 5.76 Å². The van der Waals surface area contributed by atoms with Crippen LogP contribution in [0.5, 0.6) is 0 Å². The summed E-state index contributed by atoms with van der Waals surface area (Å²) in [5.41, 5.74) is 4.42. The monoisotopic (exact) mass is 467 g/mol. The van der Waals surface area contributed by atoms with E-state index in [0.717, 1.165) is 70.3 Å². The molecule has 1 aliphatic heterocycles. The van der Waals surface area contributed by atoms with E-state index >= 15 is 0 Å². The van der Waals surface area contributed by atoms with Gasteiger partial charge in [-0.25, -0.2) is 5.48 Å². The van der Waals surface area contributed by atoms with Gasteiger partial charge >= 0.3 is 0 Å². The van der Waals surface area contributed by atoms with Crippen LogP contribution in [-0.2, 0) is 9.63 Å². The maximum Gasteiger partial charge on any atom is 0.294 e. The molecule has 34 heavy (non-hydrogen) atoms. The molecule has 2 fully saturated rings. The van der Waals surface area contributed by atoms with Gasteiger partial charge < -0.3 is 14.2 Å². The standard InChI is InChI=1S/C27H37N3O4/c1-21-8-10-23(11-9-21)30(26(32)25-7-6-20-33-25)24-12-17-29(18-13-24)19-16-27(34-28-22(2)31)14-4-3-5-15-27/h6-11,20,24H,3-5,12-19H2,1-2H3,(H,28,31). The third-order valence-electron chi connectivity index (χ3n) is 7.24. The summed E-state index contributed by atoms with van der Waals surface area (Å²) < 4.78 is 5.44. The van der Waals surface area contributed by atoms with Crippen molar-refractivity contribution in [2.75, 3.05) is 24.5 Å². The molecule has 1 saturated heterocycles. The molecule has 0 bridgehead atoms. The van der Waals surface area contributed by atoms with E-state index in [1.807, 2.05) is 29.2 Å². The average Bonchev–Trinajstić information content (AvgIpc) is 3.40. The van der Waals surface area contributed by atoms with Gasteiger partial charge in [0.1, 0.15) is 0 Å². The van der Waals surface area contributed by atoms with Crippen molar-refractivity contribution >= 4 is 17.5 Å². The van der Waals surface area contributed by atoms with Gasteiger partial charge in [-0.3, -0.25) is 14.4 Å². The molecular formula is C27H37N3O4. The van der Waals surface area contributed by atoms with Gasteiger partial charge in [-0.1, -0.05) is 37.0 Å². The fourth-order valence-corrected chi connectivity index (χ4v) is 5.26. The van der Waals surface area contributed by atoms with Gasteiger partial charge in [-0.05, 0) is 63.3 Å². The molecule has 7 heteroatoms. The molecule has 1 aromatic heterocycles. The van der Waals surface area contributed by atoms with Crippen molar-refractivity contribution in [3.8, 4) is 0 Å². The molecule has 1 saturated carbocycles. The molecule has 0 spiro atoms. The van der Waals surface area contributed by atoms with Crippen LogP contribution in [0.15, 0.2) is 47.1 Å². The number of aryl methyl sites for hydroxylation is 1. The Bertz CT molecular complexity index is 927. The molecular weight excluding hydrogens is 430 g/mol. The molecule has 4 rings (SSSR count). The lowest BCUT2D eigenvalue weighted by atomic mass is 9.82. The van der Waals surface area contributed by atoms with Crippen LogP contribution in [0.1, 0.15) is 74.4 Å². The predicted molar refractivity (Wildman–Crippen MR) is 131 cm³/mol. The first-order valence-corrected chi connectivity index (χ1v) is 12.6. The van der Waals surface area contributed by atoms with Crippen LogP contribution in [-0.4, -0.2) is 48.0 Å². The molecule has 0 radical (unpaired) electrons. The Kier molecular flexibility index (Phi) is 8.06. The molecule has 184 valence electrons. The van der Waals surface area contributed by atoms with Crippen LogP contribution in [0.4, 0.5) is 5.69 Å². The fourth-order valence-electron chi connectivity index (χ4n) is 5.26. The summed E-state index contributed by atoms with van der Waals surface area (Å²) in [5.74, 6) is 0.137. The lowest BCUT2D eigenvalue weighted by molar-refractivity contribution is -0.160. The fraction of sp³-hybridized carbons (Fsp3) is 0.556. The maximum atomic E-state index is 13.3. The lowest BCUT2D eigenvalue weighted by Gasteiger charge is -2.41. The number of carbonyl (C=O) groups is 2. The van der Waals surface area contributed by atoms with Crippen molar-refractivity contribution in [2.45, 2.75) is 76.9 Å². The van der Waals surface area contributed by atoms with E-state index in [-0.39, 0.29) is 23.5 Å². The Labute approximate surface area is 202 Å². The summed E-state index contributed by atoms with van der Waals surface area (Å²) in [6.45, 7) is 6.33. The minimum atomic E-state index is -0.260. The van der Waals surface area contributed by atoms with Crippen LogP contribution in [0, 0.1) is 6.92 Å². The van der Waals surface area contributed by atoms with Crippen molar-refractivity contribution < 1.29 is 18.8 Å². The summed E-state index contributed by atoms with van der Waals surface area (Å²) in [7, 11) is 0. The predicted octanol–water partition coefficient (Wildman–Crippen LogP) is 4.86. The number of benzene rings is 1. The Hall–Kier alpha value is -2.64. The van der Waals surface area contributed by atoms with Gasteiger partial charge in [0.15, 0.2) is 5.76 Å². The SMILES string of the molecule is CC(=O)NOC1(CCN2CCC(N(C(=O)c3ccco3)c3ccc(C)cc3)CC2)CCCCC1. The lowest BCUT2D eigenvalue weighted by Crippen LogP contribution is -2.49. The second-order valence-corrected chi connectivity index (χ2v) is 9.81. The molecule has 1 aromatic carbocycles. The zero-order chi connectivity index (χ0) is 24.0. The molecule has 2 heterocycles. The minimum absolute atomic E-state index is 0.0860. The minimum Gasteiger partial charge on any atom is -0.459 e. The molecule has 1 N–H and O–H groups in total. The smallest absolute Gasteiger partial charge is 0.294 e. The van der Waals surface area contributed by atoms with Gasteiger partial charge in [0.05, 0.1) is 11.9 Å². The first kappa shape index (κ1) is 24.5. The average molecular weight is 468 g/mol. The number of hydrogen-bond donors (Lipinski definition) is 1. The van der Waals surface area contributed by atoms with E-state index < -0.39 is 0 Å². The van der Waals surface area contributed by atoms with Gasteiger partial charge in [0.2, 0.25) is 5.91 Å². The molecule has 1 aliphatic carbocycles. The molecule has 0 atom stereocenters. The van der Waals surface area contributed by atoms with Gasteiger partial charge in [0.25, 0.3) is 5.91 Å². The Morgan fingerprint density at radius 3 is 2.44 bits per heavy atom. The van der Waals surface area contributed by atoms with Gasteiger partial charge in [0, 0.05) is 38.3 Å². The van der Waals surface area contributed by atoms with Gasteiger partial charge in [-0.15, -0.1) is 0 Å². The number of anilines is 1. The normalized spacial score (nSPS) is 19.0. The molecule has 2 aromatic rings. The van der Waals surface area contributed by atoms with Crippen LogP contribution in [0.2, 0.25) is 0 Å². The Balaban J connectivity index is 1.38. The second-order valence-electron chi connectivity index (χ2n) is 9.81. The topological polar surface area (TPSA) is 75.0 Å². The highest BCUT2D eigenvalue weighted by molar-refractivity contribution is 6.04. The number of rotatable bonds is 8. The number of carbonyl (C=O) groups excluding carboxylic acids is 2. The molecule has 2 aliphatic rings. The summed E-state index contributed by atoms with van der Waals surface area (Å²) in [6.07, 6.45) is 9.75. The van der Waals surface area contributed by atoms with Crippen molar-refractivity contribution in [1.29, 1.82) is 0 Å². The maximum absolute atomic E-state index is 13.3. The number of amides is 2. The number of piperidine rings is 1. The van der Waals surface area contributed by atoms with E-state index in [9.17, 15) is 9.59 Å². The third-order valence-corrected chi connectivity index (χ3v) is 7.24. The summed E-state index contributed by atoms with van der Waals surface area (Å²) in [6, 6.07) is 11.8. The first-order chi connectivity index (χ1) is 16.5. The number of hydrogen-bond acceptors (Lipinski definition) is 5. The van der Waals surface area contributed by atoms with E-state index in [1.165, 1.54) is 18.9 Å². The van der Waals surface area contributed by atoms with E-state index in [4.69, 9.17) is 9.25 Å². The van der Waals surface area contributed by atoms with Crippen molar-refractivity contribution in [2.24, 2.45) is 0 Å². The molecule has 7 nitrogen and oxygen atoms in total. The number of nitrogens with one attached hydrogen (secondary N) is 1. The number of nitrogens with zero attached hydrogens (tertiary/aromatic N) is 2. The zero-order valence-electron chi connectivity index (χ0n) is 20.4. The zero-order valence-corrected chi connectivity index (χ0v) is 20.4. The summed E-state index contributed by atoms with van der Waals surface area (Å²) >= 11 is 0.